The lowest BCUT2D eigenvalue weighted by molar-refractivity contribution is -0.143. The van der Waals surface area contributed by atoms with Crippen LogP contribution in [-0.2, 0) is 9.53 Å². The van der Waals surface area contributed by atoms with Crippen LogP contribution in [-0.4, -0.2) is 50.2 Å². The van der Waals surface area contributed by atoms with Crippen LogP contribution in [0.15, 0.2) is 18.2 Å². The number of amides is 1. The molecule has 0 unspecified atom stereocenters. The van der Waals surface area contributed by atoms with Crippen LogP contribution < -0.4 is 9.47 Å². The van der Waals surface area contributed by atoms with E-state index in [4.69, 9.17) is 14.2 Å². The largest absolute Gasteiger partial charge is 0.493 e. The molecule has 0 atom stereocenters. The van der Waals surface area contributed by atoms with Gasteiger partial charge in [0.1, 0.15) is 0 Å². The normalized spacial score (nSPS) is 13.3. The molecule has 1 aromatic carbocycles. The Morgan fingerprint density at radius 3 is 2.43 bits per heavy atom. The van der Waals surface area contributed by atoms with E-state index in [0.717, 1.165) is 12.8 Å². The van der Waals surface area contributed by atoms with E-state index < -0.39 is 0 Å². The molecule has 6 nitrogen and oxygen atoms in total. The van der Waals surface area contributed by atoms with Gasteiger partial charge in [-0.2, -0.15) is 0 Å². The van der Waals surface area contributed by atoms with Crippen molar-refractivity contribution in [3.63, 3.8) is 0 Å². The second-order valence-electron chi connectivity index (χ2n) is 5.35. The molecule has 0 spiro atoms. The van der Waals surface area contributed by atoms with Crippen LogP contribution in [0.1, 0.15) is 36.5 Å². The molecule has 0 saturated heterocycles. The summed E-state index contributed by atoms with van der Waals surface area (Å²) < 4.78 is 15.4. The van der Waals surface area contributed by atoms with Crippen molar-refractivity contribution in [2.24, 2.45) is 0 Å². The highest BCUT2D eigenvalue weighted by Crippen LogP contribution is 2.31. The number of hydrogen-bond acceptors (Lipinski definition) is 5. The minimum absolute atomic E-state index is 0.0993. The van der Waals surface area contributed by atoms with Gasteiger partial charge in [0, 0.05) is 18.2 Å². The summed E-state index contributed by atoms with van der Waals surface area (Å²) >= 11 is 0. The second-order valence-corrected chi connectivity index (χ2v) is 5.35. The number of hydrogen-bond donors (Lipinski definition) is 0. The monoisotopic (exact) mass is 321 g/mol. The quantitative estimate of drug-likeness (QED) is 0.687. The summed E-state index contributed by atoms with van der Waals surface area (Å²) in [6.07, 6.45) is 2.16. The van der Waals surface area contributed by atoms with Gasteiger partial charge in [0.15, 0.2) is 11.5 Å². The minimum atomic E-state index is -0.279. The van der Waals surface area contributed by atoms with Gasteiger partial charge in [0.05, 0.1) is 27.2 Å². The number of ether oxygens (including phenoxy) is 3. The Bertz CT molecular complexity index is 568. The van der Waals surface area contributed by atoms with Gasteiger partial charge in [-0.05, 0) is 38.0 Å². The average Bonchev–Trinajstić information content (AvgIpc) is 3.39. The van der Waals surface area contributed by atoms with Crippen LogP contribution in [0.2, 0.25) is 0 Å². The molecule has 1 amide bonds. The van der Waals surface area contributed by atoms with Gasteiger partial charge in [-0.3, -0.25) is 9.59 Å². The number of esters is 1. The molecule has 1 aliphatic rings. The smallest absolute Gasteiger partial charge is 0.307 e. The molecule has 1 aliphatic carbocycles. The van der Waals surface area contributed by atoms with E-state index in [1.807, 2.05) is 0 Å². The molecule has 0 aromatic heterocycles. The highest BCUT2D eigenvalue weighted by molar-refractivity contribution is 5.95. The number of carbonyl (C=O) groups excluding carboxylic acids is 2. The van der Waals surface area contributed by atoms with Gasteiger partial charge >= 0.3 is 5.97 Å². The Morgan fingerprint density at radius 1 is 1.17 bits per heavy atom. The average molecular weight is 321 g/mol. The molecule has 1 fully saturated rings. The predicted octanol–water partition coefficient (Wildman–Crippen LogP) is 2.26. The fourth-order valence-corrected chi connectivity index (χ4v) is 2.42. The zero-order valence-electron chi connectivity index (χ0n) is 13.8. The number of rotatable bonds is 8. The fraction of sp³-hybridized carbons (Fsp3) is 0.529. The van der Waals surface area contributed by atoms with Gasteiger partial charge in [-0.15, -0.1) is 0 Å². The molecule has 1 aromatic rings. The topological polar surface area (TPSA) is 65.1 Å². The van der Waals surface area contributed by atoms with Crippen LogP contribution in [0.4, 0.5) is 0 Å². The van der Waals surface area contributed by atoms with Crippen molar-refractivity contribution in [3.8, 4) is 11.5 Å². The first-order valence-corrected chi connectivity index (χ1v) is 7.79. The predicted molar refractivity (Wildman–Crippen MR) is 84.9 cm³/mol. The first-order chi connectivity index (χ1) is 11.1. The molecule has 1 saturated carbocycles. The Morgan fingerprint density at radius 2 is 1.87 bits per heavy atom. The van der Waals surface area contributed by atoms with Crippen molar-refractivity contribution in [3.05, 3.63) is 23.8 Å². The Balaban J connectivity index is 2.10. The van der Waals surface area contributed by atoms with E-state index >= 15 is 0 Å². The third-order valence-corrected chi connectivity index (χ3v) is 3.74. The molecule has 0 aliphatic heterocycles. The summed E-state index contributed by atoms with van der Waals surface area (Å²) in [5.41, 5.74) is 0.526. The molecular formula is C17H23NO5. The Kier molecular flexibility index (Phi) is 5.84. The summed E-state index contributed by atoms with van der Waals surface area (Å²) in [6.45, 7) is 2.49. The van der Waals surface area contributed by atoms with Gasteiger partial charge in [0.2, 0.25) is 0 Å². The molecule has 23 heavy (non-hydrogen) atoms. The summed E-state index contributed by atoms with van der Waals surface area (Å²) in [5, 5.41) is 0. The van der Waals surface area contributed by atoms with Crippen molar-refractivity contribution in [1.82, 2.24) is 4.90 Å². The standard InChI is InChI=1S/C17H23NO5/c1-4-23-16(19)9-10-18(13-6-7-13)17(20)12-5-8-14(21-2)15(11-12)22-3/h5,8,11,13H,4,6-7,9-10H2,1-3H3. The SMILES string of the molecule is CCOC(=O)CCN(C(=O)c1ccc(OC)c(OC)c1)C1CC1. The maximum Gasteiger partial charge on any atom is 0.307 e. The Labute approximate surface area is 136 Å². The van der Waals surface area contributed by atoms with E-state index in [0.29, 0.717) is 30.2 Å². The number of methoxy groups -OCH3 is 2. The summed E-state index contributed by atoms with van der Waals surface area (Å²) in [4.78, 5) is 26.0. The van der Waals surface area contributed by atoms with E-state index in [2.05, 4.69) is 0 Å². The van der Waals surface area contributed by atoms with Crippen LogP contribution >= 0.6 is 0 Å². The first kappa shape index (κ1) is 17.1. The lowest BCUT2D eigenvalue weighted by Gasteiger charge is -2.22. The van der Waals surface area contributed by atoms with E-state index in [9.17, 15) is 9.59 Å². The molecule has 0 radical (unpaired) electrons. The van der Waals surface area contributed by atoms with Gasteiger partial charge in [0.25, 0.3) is 5.91 Å². The summed E-state index contributed by atoms with van der Waals surface area (Å²) in [6, 6.07) is 5.30. The van der Waals surface area contributed by atoms with Crippen LogP contribution in [0, 0.1) is 0 Å². The molecule has 2 rings (SSSR count). The number of nitrogens with zero attached hydrogens (tertiary/aromatic N) is 1. The number of benzene rings is 1. The third kappa shape index (κ3) is 4.37. The van der Waals surface area contributed by atoms with E-state index in [1.165, 1.54) is 7.11 Å². The van der Waals surface area contributed by atoms with Crippen LogP contribution in [0.25, 0.3) is 0 Å². The lowest BCUT2D eigenvalue weighted by Crippen LogP contribution is -2.35. The fourth-order valence-electron chi connectivity index (χ4n) is 2.42. The van der Waals surface area contributed by atoms with Crippen molar-refractivity contribution in [2.45, 2.75) is 32.2 Å². The van der Waals surface area contributed by atoms with Gasteiger partial charge in [-0.25, -0.2) is 0 Å². The summed E-state index contributed by atoms with van der Waals surface area (Å²) in [5.74, 6) is 0.712. The van der Waals surface area contributed by atoms with Crippen molar-refractivity contribution >= 4 is 11.9 Å². The minimum Gasteiger partial charge on any atom is -0.493 e. The molecule has 0 bridgehead atoms. The van der Waals surface area contributed by atoms with E-state index in [1.54, 1.807) is 37.1 Å². The van der Waals surface area contributed by atoms with Crippen molar-refractivity contribution in [1.29, 1.82) is 0 Å². The molecule has 0 heterocycles. The molecule has 6 heteroatoms. The molecule has 0 N–H and O–H groups in total. The lowest BCUT2D eigenvalue weighted by atomic mass is 10.1. The molecular weight excluding hydrogens is 298 g/mol. The third-order valence-electron chi connectivity index (χ3n) is 3.74. The second kappa shape index (κ2) is 7.85. The van der Waals surface area contributed by atoms with Crippen molar-refractivity contribution in [2.75, 3.05) is 27.4 Å². The van der Waals surface area contributed by atoms with Crippen LogP contribution in [0.5, 0.6) is 11.5 Å². The zero-order valence-corrected chi connectivity index (χ0v) is 13.8. The van der Waals surface area contributed by atoms with Gasteiger partial charge < -0.3 is 19.1 Å². The van der Waals surface area contributed by atoms with Gasteiger partial charge in [-0.1, -0.05) is 0 Å². The maximum atomic E-state index is 12.7. The van der Waals surface area contributed by atoms with E-state index in [-0.39, 0.29) is 24.3 Å². The number of carbonyl (C=O) groups is 2. The summed E-state index contributed by atoms with van der Waals surface area (Å²) in [7, 11) is 3.08. The highest BCUT2D eigenvalue weighted by Gasteiger charge is 2.33. The van der Waals surface area contributed by atoms with Crippen molar-refractivity contribution < 1.29 is 23.8 Å². The first-order valence-electron chi connectivity index (χ1n) is 7.79. The van der Waals surface area contributed by atoms with Crippen LogP contribution in [0.3, 0.4) is 0 Å². The Hall–Kier alpha value is -2.24. The highest BCUT2D eigenvalue weighted by atomic mass is 16.5. The zero-order chi connectivity index (χ0) is 16.8. The molecule has 126 valence electrons. The maximum absolute atomic E-state index is 12.7.